The van der Waals surface area contributed by atoms with Crippen molar-refractivity contribution in [2.45, 2.75) is 24.4 Å². The number of carbonyl (C=O) groups is 1. The number of hydrogen-bond acceptors (Lipinski definition) is 14. The molecule has 26 heavy (non-hydrogen) atoms. The van der Waals surface area contributed by atoms with Gasteiger partial charge in [0.15, 0.2) is 36.0 Å². The molecule has 0 N–H and O–H groups in total. The smallest absolute Gasteiger partial charge is 0.441 e. The lowest BCUT2D eigenvalue weighted by atomic mass is 10.2. The van der Waals surface area contributed by atoms with Crippen LogP contribution in [0.15, 0.2) is 0 Å². The van der Waals surface area contributed by atoms with E-state index in [2.05, 4.69) is 4.74 Å². The Morgan fingerprint density at radius 2 is 0.962 bits per heavy atom. The lowest BCUT2D eigenvalue weighted by Gasteiger charge is -2.10. The Kier molecular flexibility index (Phi) is 6.41. The molecule has 0 aromatic heterocycles. The predicted octanol–water partition coefficient (Wildman–Crippen LogP) is -1.72. The zero-order valence-electron chi connectivity index (χ0n) is 12.0. The highest BCUT2D eigenvalue weighted by molar-refractivity contribution is 5.69. The maximum atomic E-state index is 11.3. The second-order valence-electron chi connectivity index (χ2n) is 4.25. The molecule has 0 rings (SSSR count). The number of ether oxygens (including phenoxy) is 1. The van der Waals surface area contributed by atoms with E-state index >= 15 is 0 Å². The van der Waals surface area contributed by atoms with E-state index in [0.717, 1.165) is 0 Å². The molecule has 0 bridgehead atoms. The van der Waals surface area contributed by atoms with Crippen LogP contribution in [0, 0.1) is 60.7 Å². The molecule has 144 valence electrons. The number of esters is 1. The summed E-state index contributed by atoms with van der Waals surface area (Å²) in [6.45, 7) is -2.07. The standard InChI is InChI=1S/C6H6N6O14/c13-4(1-2-5(7(14)15,8(16)17)9(18)19)26-3-6(10(20)21,11(22)23)12(24)25/h1-3H2. The third kappa shape index (κ3) is 3.68. The highest BCUT2D eigenvalue weighted by Crippen LogP contribution is 2.20. The highest BCUT2D eigenvalue weighted by Gasteiger charge is 2.72. The summed E-state index contributed by atoms with van der Waals surface area (Å²) in [5, 5.41) is 63.5. The number of carbonyl (C=O) groups excluding carboxylic acids is 1. The van der Waals surface area contributed by atoms with Gasteiger partial charge in [-0.1, -0.05) is 0 Å². The first-order chi connectivity index (χ1) is 11.8. The maximum Gasteiger partial charge on any atom is 0.734 e. The summed E-state index contributed by atoms with van der Waals surface area (Å²) in [6, 6.07) is 0. The molecule has 20 heteroatoms. The van der Waals surface area contributed by atoms with E-state index in [1.165, 1.54) is 0 Å². The van der Waals surface area contributed by atoms with Crippen LogP contribution >= 0.6 is 0 Å². The van der Waals surface area contributed by atoms with Crippen molar-refractivity contribution in [2.75, 3.05) is 6.61 Å². The van der Waals surface area contributed by atoms with Gasteiger partial charge in [0, 0.05) is 0 Å². The molecule has 0 fully saturated rings. The minimum Gasteiger partial charge on any atom is -0.441 e. The zero-order chi connectivity index (χ0) is 20.9. The second kappa shape index (κ2) is 7.63. The number of rotatable bonds is 11. The number of hydrogen-bond donors (Lipinski definition) is 0. The van der Waals surface area contributed by atoms with Crippen molar-refractivity contribution in [2.24, 2.45) is 0 Å². The quantitative estimate of drug-likeness (QED) is 0.165. The first-order valence-corrected chi connectivity index (χ1v) is 5.79. The normalized spacial score (nSPS) is 11.2. The molecule has 0 saturated heterocycles. The molecule has 0 saturated carbocycles. The van der Waals surface area contributed by atoms with E-state index in [1.54, 1.807) is 0 Å². The van der Waals surface area contributed by atoms with Gasteiger partial charge in [-0.15, -0.1) is 0 Å². The van der Waals surface area contributed by atoms with Crippen LogP contribution in [0.5, 0.6) is 0 Å². The summed E-state index contributed by atoms with van der Waals surface area (Å²) >= 11 is 0. The van der Waals surface area contributed by atoms with Crippen molar-refractivity contribution in [1.29, 1.82) is 0 Å². The van der Waals surface area contributed by atoms with Gasteiger partial charge in [0.2, 0.25) is 0 Å². The van der Waals surface area contributed by atoms with Crippen LogP contribution in [0.4, 0.5) is 0 Å². The third-order valence-electron chi connectivity index (χ3n) is 2.85. The molecule has 0 aromatic carbocycles. The van der Waals surface area contributed by atoms with Crippen LogP contribution in [-0.4, -0.2) is 53.7 Å². The van der Waals surface area contributed by atoms with Crippen molar-refractivity contribution in [3.05, 3.63) is 60.7 Å². The second-order valence-corrected chi connectivity index (χ2v) is 4.25. The average molecular weight is 386 g/mol. The fraction of sp³-hybridized carbons (Fsp3) is 0.833. The van der Waals surface area contributed by atoms with E-state index in [0.29, 0.717) is 0 Å². The van der Waals surface area contributed by atoms with Crippen LogP contribution in [0.3, 0.4) is 0 Å². The summed E-state index contributed by atoms with van der Waals surface area (Å²) in [5.41, 5.74) is 0. The van der Waals surface area contributed by atoms with Gasteiger partial charge in [-0.2, -0.15) is 0 Å². The Morgan fingerprint density at radius 3 is 1.23 bits per heavy atom. The molecule has 0 aliphatic carbocycles. The molecule has 20 nitrogen and oxygen atoms in total. The first kappa shape index (κ1) is 21.9. The first-order valence-electron chi connectivity index (χ1n) is 5.79. The minimum atomic E-state index is -4.19. The monoisotopic (exact) mass is 386 g/mol. The zero-order valence-corrected chi connectivity index (χ0v) is 12.0. The number of nitrogens with zero attached hydrogens (tertiary/aromatic N) is 6. The third-order valence-corrected chi connectivity index (χ3v) is 2.85. The summed E-state index contributed by atoms with van der Waals surface area (Å²) in [7, 11) is 0. The molecule has 0 spiro atoms. The largest absolute Gasteiger partial charge is 0.734 e. The fourth-order valence-corrected chi connectivity index (χ4v) is 1.35. The number of nitro groups is 6. The van der Waals surface area contributed by atoms with Crippen molar-refractivity contribution in [1.82, 2.24) is 0 Å². The van der Waals surface area contributed by atoms with Gasteiger partial charge in [0.05, 0.1) is 6.42 Å². The molecule has 0 atom stereocenters. The van der Waals surface area contributed by atoms with E-state index in [9.17, 15) is 65.5 Å². The van der Waals surface area contributed by atoms with Crippen molar-refractivity contribution in [3.8, 4) is 0 Å². The SMILES string of the molecule is O=C(CCC([N+](=O)[O-])([N+](=O)[O-])[N+](=O)[O-])OCC([N+](=O)[O-])([N+](=O)[O-])[N+](=O)[O-]. The average Bonchev–Trinajstić information content (AvgIpc) is 2.45. The van der Waals surface area contributed by atoms with Crippen LogP contribution in [-0.2, 0) is 9.53 Å². The van der Waals surface area contributed by atoms with E-state index < -0.39 is 66.5 Å². The fourth-order valence-electron chi connectivity index (χ4n) is 1.35. The molecule has 0 aliphatic heterocycles. The minimum absolute atomic E-state index is 1.47. The molecule has 0 amide bonds. The lowest BCUT2D eigenvalue weighted by molar-refractivity contribution is -0.970. The summed E-state index contributed by atoms with van der Waals surface area (Å²) in [6.07, 6.45) is -3.16. The summed E-state index contributed by atoms with van der Waals surface area (Å²) < 4.78 is 3.89. The maximum absolute atomic E-state index is 11.3. The molecular formula is C6H6N6O14. The topological polar surface area (TPSA) is 285 Å². The van der Waals surface area contributed by atoms with Gasteiger partial charge < -0.3 is 4.74 Å². The summed E-state index contributed by atoms with van der Waals surface area (Å²) in [5.74, 6) is -10.1. The van der Waals surface area contributed by atoms with Gasteiger partial charge in [-0.3, -0.25) is 65.5 Å². The van der Waals surface area contributed by atoms with Crippen LogP contribution in [0.2, 0.25) is 0 Å². The van der Waals surface area contributed by atoms with Crippen molar-refractivity contribution < 1.29 is 39.1 Å². The lowest BCUT2D eigenvalue weighted by Crippen LogP contribution is -2.57. The highest BCUT2D eigenvalue weighted by atomic mass is 16.8. The molecule has 0 aliphatic rings. The molecule has 0 radical (unpaired) electrons. The Hall–Kier alpha value is -4.13. The van der Waals surface area contributed by atoms with Gasteiger partial charge in [-0.25, -0.2) is 0 Å². The Labute approximate surface area is 138 Å². The van der Waals surface area contributed by atoms with Gasteiger partial charge in [0.1, 0.15) is 0 Å². The van der Waals surface area contributed by atoms with Gasteiger partial charge >= 0.3 is 24.1 Å². The predicted molar refractivity (Wildman–Crippen MR) is 67.6 cm³/mol. The molecule has 0 heterocycles. The Morgan fingerprint density at radius 1 is 0.654 bits per heavy atom. The van der Waals surface area contributed by atoms with Crippen molar-refractivity contribution >= 4 is 5.97 Å². The molecule has 0 unspecified atom stereocenters. The van der Waals surface area contributed by atoms with Gasteiger partial charge in [-0.05, 0) is 0 Å². The molecule has 0 aromatic rings. The Balaban J connectivity index is 5.32. The Bertz CT molecular complexity index is 557. The van der Waals surface area contributed by atoms with Crippen molar-refractivity contribution in [3.63, 3.8) is 0 Å². The van der Waals surface area contributed by atoms with Crippen LogP contribution < -0.4 is 0 Å². The van der Waals surface area contributed by atoms with Gasteiger partial charge in [0.25, 0.3) is 0 Å². The van der Waals surface area contributed by atoms with E-state index in [-0.39, 0.29) is 0 Å². The van der Waals surface area contributed by atoms with Crippen LogP contribution in [0.1, 0.15) is 12.8 Å². The summed E-state index contributed by atoms with van der Waals surface area (Å²) in [4.78, 5) is 63.1. The van der Waals surface area contributed by atoms with Crippen LogP contribution in [0.25, 0.3) is 0 Å². The van der Waals surface area contributed by atoms with E-state index in [4.69, 9.17) is 0 Å². The molecular weight excluding hydrogens is 380 g/mol. The van der Waals surface area contributed by atoms with E-state index in [1.807, 2.05) is 0 Å².